The van der Waals surface area contributed by atoms with Crippen molar-refractivity contribution in [2.45, 2.75) is 58.4 Å². The normalized spacial score (nSPS) is 17.7. The van der Waals surface area contributed by atoms with Gasteiger partial charge in [-0.05, 0) is 44.2 Å². The van der Waals surface area contributed by atoms with Crippen LogP contribution < -0.4 is 5.32 Å². The standard InChI is InChI=1S/C17H25NO2/c1-3-15(13-8-5-4-6-9-13)18-17(20)14-10-7-11-16(19)12(14)2/h7,10-11,13,15,19H,3-6,8-9H2,1-2H3,(H,18,20). The number of hydrogen-bond acceptors (Lipinski definition) is 2. The lowest BCUT2D eigenvalue weighted by Gasteiger charge is -2.30. The summed E-state index contributed by atoms with van der Waals surface area (Å²) in [6.07, 6.45) is 7.29. The van der Waals surface area contributed by atoms with Crippen LogP contribution in [0.4, 0.5) is 0 Å². The Morgan fingerprint density at radius 1 is 1.35 bits per heavy atom. The lowest BCUT2D eigenvalue weighted by Crippen LogP contribution is -2.40. The summed E-state index contributed by atoms with van der Waals surface area (Å²) in [5, 5.41) is 12.9. The highest BCUT2D eigenvalue weighted by molar-refractivity contribution is 5.96. The van der Waals surface area contributed by atoms with E-state index in [-0.39, 0.29) is 17.7 Å². The molecule has 3 heteroatoms. The minimum atomic E-state index is -0.0594. The molecule has 2 rings (SSSR count). The van der Waals surface area contributed by atoms with Crippen molar-refractivity contribution in [3.63, 3.8) is 0 Å². The van der Waals surface area contributed by atoms with Crippen LogP contribution in [0.3, 0.4) is 0 Å². The highest BCUT2D eigenvalue weighted by Gasteiger charge is 2.24. The van der Waals surface area contributed by atoms with Gasteiger partial charge in [0.15, 0.2) is 0 Å². The van der Waals surface area contributed by atoms with E-state index in [1.807, 2.05) is 0 Å². The monoisotopic (exact) mass is 275 g/mol. The van der Waals surface area contributed by atoms with E-state index >= 15 is 0 Å². The van der Waals surface area contributed by atoms with Gasteiger partial charge in [-0.2, -0.15) is 0 Å². The molecule has 110 valence electrons. The molecule has 0 bridgehead atoms. The van der Waals surface area contributed by atoms with Crippen molar-refractivity contribution in [2.75, 3.05) is 0 Å². The first-order chi connectivity index (χ1) is 9.63. The molecule has 0 radical (unpaired) electrons. The third kappa shape index (κ3) is 3.33. The molecular formula is C17H25NO2. The van der Waals surface area contributed by atoms with E-state index in [2.05, 4.69) is 12.2 Å². The van der Waals surface area contributed by atoms with Gasteiger partial charge in [-0.15, -0.1) is 0 Å². The van der Waals surface area contributed by atoms with Gasteiger partial charge >= 0.3 is 0 Å². The van der Waals surface area contributed by atoms with Crippen molar-refractivity contribution in [2.24, 2.45) is 5.92 Å². The summed E-state index contributed by atoms with van der Waals surface area (Å²) >= 11 is 0. The van der Waals surface area contributed by atoms with Crippen molar-refractivity contribution >= 4 is 5.91 Å². The molecule has 0 aliphatic heterocycles. The van der Waals surface area contributed by atoms with E-state index < -0.39 is 0 Å². The SMILES string of the molecule is CCC(NC(=O)c1cccc(O)c1C)C1CCCCC1. The molecule has 0 aromatic heterocycles. The summed E-state index contributed by atoms with van der Waals surface area (Å²) in [5.41, 5.74) is 1.24. The van der Waals surface area contributed by atoms with Gasteiger partial charge in [-0.3, -0.25) is 4.79 Å². The number of rotatable bonds is 4. The Balaban J connectivity index is 2.06. The molecule has 1 aliphatic carbocycles. The first-order valence-electron chi connectivity index (χ1n) is 7.73. The third-order valence-corrected chi connectivity index (χ3v) is 4.53. The Kier molecular flexibility index (Phi) is 5.05. The number of carbonyl (C=O) groups excluding carboxylic acids is 1. The topological polar surface area (TPSA) is 49.3 Å². The van der Waals surface area contributed by atoms with Crippen LogP contribution in [0.25, 0.3) is 0 Å². The van der Waals surface area contributed by atoms with Crippen molar-refractivity contribution < 1.29 is 9.90 Å². The minimum absolute atomic E-state index is 0.0594. The zero-order valence-electron chi connectivity index (χ0n) is 12.5. The fourth-order valence-corrected chi connectivity index (χ4v) is 3.21. The molecule has 1 unspecified atom stereocenters. The van der Waals surface area contributed by atoms with Gasteiger partial charge in [-0.1, -0.05) is 32.3 Å². The summed E-state index contributed by atoms with van der Waals surface area (Å²) < 4.78 is 0. The van der Waals surface area contributed by atoms with Gasteiger partial charge in [0.2, 0.25) is 0 Å². The largest absolute Gasteiger partial charge is 0.508 e. The average Bonchev–Trinajstić information content (AvgIpc) is 2.48. The predicted octanol–water partition coefficient (Wildman–Crippen LogP) is 3.79. The molecule has 1 aromatic carbocycles. The molecule has 2 N–H and O–H groups in total. The zero-order chi connectivity index (χ0) is 14.5. The van der Waals surface area contributed by atoms with Crippen LogP contribution in [-0.2, 0) is 0 Å². The Labute approximate surface area is 121 Å². The molecule has 0 spiro atoms. The number of hydrogen-bond donors (Lipinski definition) is 2. The van der Waals surface area contributed by atoms with Crippen molar-refractivity contribution in [3.8, 4) is 5.75 Å². The number of amides is 1. The van der Waals surface area contributed by atoms with Gasteiger partial charge in [0, 0.05) is 17.2 Å². The van der Waals surface area contributed by atoms with Crippen LogP contribution in [0.2, 0.25) is 0 Å². The number of aromatic hydroxyl groups is 1. The fraction of sp³-hybridized carbons (Fsp3) is 0.588. The third-order valence-electron chi connectivity index (χ3n) is 4.53. The van der Waals surface area contributed by atoms with E-state index in [1.165, 1.54) is 32.1 Å². The first kappa shape index (κ1) is 14.9. The quantitative estimate of drug-likeness (QED) is 0.878. The maximum atomic E-state index is 12.4. The van der Waals surface area contributed by atoms with Gasteiger partial charge in [0.05, 0.1) is 0 Å². The van der Waals surface area contributed by atoms with Crippen molar-refractivity contribution in [3.05, 3.63) is 29.3 Å². The summed E-state index contributed by atoms with van der Waals surface area (Å²) in [6, 6.07) is 5.37. The maximum Gasteiger partial charge on any atom is 0.251 e. The molecule has 3 nitrogen and oxygen atoms in total. The molecule has 1 atom stereocenters. The van der Waals surface area contributed by atoms with Crippen molar-refractivity contribution in [1.82, 2.24) is 5.32 Å². The molecule has 0 saturated heterocycles. The van der Waals surface area contributed by atoms with Crippen LogP contribution >= 0.6 is 0 Å². The Morgan fingerprint density at radius 2 is 2.05 bits per heavy atom. The summed E-state index contributed by atoms with van der Waals surface area (Å²) in [6.45, 7) is 3.92. The average molecular weight is 275 g/mol. The fourth-order valence-electron chi connectivity index (χ4n) is 3.21. The van der Waals surface area contributed by atoms with Crippen LogP contribution in [0, 0.1) is 12.8 Å². The molecule has 0 heterocycles. The van der Waals surface area contributed by atoms with Gasteiger partial charge < -0.3 is 10.4 Å². The van der Waals surface area contributed by atoms with Crippen LogP contribution in [0.1, 0.15) is 61.4 Å². The number of nitrogens with one attached hydrogen (secondary N) is 1. The number of benzene rings is 1. The molecule has 1 aliphatic rings. The molecule has 1 fully saturated rings. The Morgan fingerprint density at radius 3 is 2.70 bits per heavy atom. The second-order valence-electron chi connectivity index (χ2n) is 5.84. The van der Waals surface area contributed by atoms with Gasteiger partial charge in [-0.25, -0.2) is 0 Å². The van der Waals surface area contributed by atoms with Crippen LogP contribution in [-0.4, -0.2) is 17.1 Å². The zero-order valence-corrected chi connectivity index (χ0v) is 12.5. The molecule has 1 saturated carbocycles. The van der Waals surface area contributed by atoms with Gasteiger partial charge in [0.1, 0.15) is 5.75 Å². The van der Waals surface area contributed by atoms with E-state index in [1.54, 1.807) is 25.1 Å². The van der Waals surface area contributed by atoms with E-state index in [9.17, 15) is 9.90 Å². The van der Waals surface area contributed by atoms with Crippen LogP contribution in [0.5, 0.6) is 5.75 Å². The number of carbonyl (C=O) groups is 1. The predicted molar refractivity (Wildman–Crippen MR) is 81.0 cm³/mol. The Hall–Kier alpha value is -1.51. The first-order valence-corrected chi connectivity index (χ1v) is 7.73. The lowest BCUT2D eigenvalue weighted by molar-refractivity contribution is 0.0910. The molecular weight excluding hydrogens is 250 g/mol. The van der Waals surface area contributed by atoms with Crippen LogP contribution in [0.15, 0.2) is 18.2 Å². The summed E-state index contributed by atoms with van der Waals surface area (Å²) in [5.74, 6) is 0.731. The van der Waals surface area contributed by atoms with E-state index in [4.69, 9.17) is 0 Å². The number of phenolic OH excluding ortho intramolecular Hbond substituents is 1. The highest BCUT2D eigenvalue weighted by atomic mass is 16.3. The van der Waals surface area contributed by atoms with Crippen molar-refractivity contribution in [1.29, 1.82) is 0 Å². The molecule has 20 heavy (non-hydrogen) atoms. The summed E-state index contributed by atoms with van der Waals surface area (Å²) in [4.78, 5) is 12.4. The molecule has 1 aromatic rings. The summed E-state index contributed by atoms with van der Waals surface area (Å²) in [7, 11) is 0. The second kappa shape index (κ2) is 6.78. The second-order valence-corrected chi connectivity index (χ2v) is 5.84. The minimum Gasteiger partial charge on any atom is -0.508 e. The smallest absolute Gasteiger partial charge is 0.251 e. The maximum absolute atomic E-state index is 12.4. The lowest BCUT2D eigenvalue weighted by atomic mass is 9.83. The highest BCUT2D eigenvalue weighted by Crippen LogP contribution is 2.28. The van der Waals surface area contributed by atoms with E-state index in [0.717, 1.165) is 6.42 Å². The van der Waals surface area contributed by atoms with E-state index in [0.29, 0.717) is 17.0 Å². The van der Waals surface area contributed by atoms with Gasteiger partial charge in [0.25, 0.3) is 5.91 Å². The Bertz CT molecular complexity index is 464. The number of phenols is 1. The molecule has 1 amide bonds.